The van der Waals surface area contributed by atoms with E-state index in [0.29, 0.717) is 10.5 Å². The lowest BCUT2D eigenvalue weighted by Gasteiger charge is -2.04. The van der Waals surface area contributed by atoms with Crippen LogP contribution in [0.4, 0.5) is 4.39 Å². The Morgan fingerprint density at radius 1 is 1.25 bits per heavy atom. The third-order valence-electron chi connectivity index (χ3n) is 4.11. The van der Waals surface area contributed by atoms with Crippen molar-refractivity contribution in [3.63, 3.8) is 0 Å². The number of aromatic nitrogens is 2. The van der Waals surface area contributed by atoms with Crippen molar-refractivity contribution in [3.8, 4) is 10.6 Å². The molecule has 0 amide bonds. The molecule has 0 spiro atoms. The lowest BCUT2D eigenvalue weighted by Crippen LogP contribution is -2.09. The Morgan fingerprint density at radius 3 is 2.79 bits per heavy atom. The quantitative estimate of drug-likeness (QED) is 0.599. The number of carboxylic acids is 1. The van der Waals surface area contributed by atoms with Crippen molar-refractivity contribution in [2.75, 3.05) is 0 Å². The van der Waals surface area contributed by atoms with E-state index in [2.05, 4.69) is 4.98 Å². The van der Waals surface area contributed by atoms with Gasteiger partial charge >= 0.3 is 5.97 Å². The van der Waals surface area contributed by atoms with Crippen molar-refractivity contribution in [2.24, 2.45) is 0 Å². The largest absolute Gasteiger partial charge is 0.480 e. The molecule has 0 saturated carbocycles. The second kappa shape index (κ2) is 5.42. The van der Waals surface area contributed by atoms with Gasteiger partial charge in [-0.25, -0.2) is 9.37 Å². The first-order valence-corrected chi connectivity index (χ1v) is 8.23. The third-order valence-corrected chi connectivity index (χ3v) is 5.15. The molecule has 4 aromatic rings. The van der Waals surface area contributed by atoms with Crippen LogP contribution < -0.4 is 0 Å². The number of hydrogen-bond acceptors (Lipinski definition) is 3. The number of nitrogens with zero attached hydrogens (tertiary/aromatic N) is 2. The average Bonchev–Trinajstić information content (AvgIpc) is 3.08. The monoisotopic (exact) mass is 340 g/mol. The molecule has 1 N–H and O–H groups in total. The zero-order valence-corrected chi connectivity index (χ0v) is 13.6. The summed E-state index contributed by atoms with van der Waals surface area (Å²) in [6.07, 6.45) is 0. The SMILES string of the molecule is Cc1c(-c2nc3c(F)cccc3s2)c2ccccc2n1CC(=O)O. The summed E-state index contributed by atoms with van der Waals surface area (Å²) in [7, 11) is 0. The summed E-state index contributed by atoms with van der Waals surface area (Å²) in [4.78, 5) is 15.7. The first-order valence-electron chi connectivity index (χ1n) is 7.41. The Kier molecular flexibility index (Phi) is 3.35. The fourth-order valence-corrected chi connectivity index (χ4v) is 4.15. The Morgan fingerprint density at radius 2 is 2.04 bits per heavy atom. The van der Waals surface area contributed by atoms with Crippen LogP contribution in [0.15, 0.2) is 42.5 Å². The molecule has 2 heterocycles. The standard InChI is InChI=1S/C18H13FN2O2S/c1-10-16(18-20-17-12(19)6-4-8-14(17)24-18)11-5-2-3-7-13(11)21(10)9-15(22)23/h2-8H,9H2,1H3,(H,22,23). The van der Waals surface area contributed by atoms with Gasteiger partial charge in [0.1, 0.15) is 22.9 Å². The Labute approximate surface area is 140 Å². The fourth-order valence-electron chi connectivity index (χ4n) is 3.06. The van der Waals surface area contributed by atoms with E-state index in [9.17, 15) is 14.3 Å². The van der Waals surface area contributed by atoms with Gasteiger partial charge in [0, 0.05) is 22.2 Å². The molecule has 0 bridgehead atoms. The smallest absolute Gasteiger partial charge is 0.323 e. The van der Waals surface area contributed by atoms with Crippen molar-refractivity contribution in [1.82, 2.24) is 9.55 Å². The molecule has 24 heavy (non-hydrogen) atoms. The highest BCUT2D eigenvalue weighted by Gasteiger charge is 2.20. The molecule has 0 unspecified atom stereocenters. The summed E-state index contributed by atoms with van der Waals surface area (Å²) >= 11 is 1.41. The van der Waals surface area contributed by atoms with Gasteiger partial charge in [0.15, 0.2) is 0 Å². The van der Waals surface area contributed by atoms with Gasteiger partial charge < -0.3 is 9.67 Å². The summed E-state index contributed by atoms with van der Waals surface area (Å²) in [5.74, 6) is -1.25. The van der Waals surface area contributed by atoms with Crippen LogP contribution in [0, 0.1) is 12.7 Å². The Balaban J connectivity index is 2.03. The molecule has 120 valence electrons. The van der Waals surface area contributed by atoms with E-state index < -0.39 is 5.97 Å². The van der Waals surface area contributed by atoms with Crippen molar-refractivity contribution >= 4 is 38.4 Å². The highest BCUT2D eigenvalue weighted by molar-refractivity contribution is 7.21. The summed E-state index contributed by atoms with van der Waals surface area (Å²) in [5, 5.41) is 10.8. The van der Waals surface area contributed by atoms with Crippen molar-refractivity contribution in [3.05, 3.63) is 54.0 Å². The zero-order valence-electron chi connectivity index (χ0n) is 12.8. The summed E-state index contributed by atoms with van der Waals surface area (Å²) in [6, 6.07) is 12.5. The lowest BCUT2D eigenvalue weighted by molar-refractivity contribution is -0.137. The van der Waals surface area contributed by atoms with Crippen LogP contribution in [0.3, 0.4) is 0 Å². The summed E-state index contributed by atoms with van der Waals surface area (Å²) < 4.78 is 16.5. The highest BCUT2D eigenvalue weighted by atomic mass is 32.1. The number of hydrogen-bond donors (Lipinski definition) is 1. The van der Waals surface area contributed by atoms with Crippen LogP contribution >= 0.6 is 11.3 Å². The number of rotatable bonds is 3. The molecule has 4 nitrogen and oxygen atoms in total. The number of para-hydroxylation sites is 2. The molecule has 0 aliphatic rings. The van der Waals surface area contributed by atoms with Crippen LogP contribution in [-0.4, -0.2) is 20.6 Å². The van der Waals surface area contributed by atoms with Crippen molar-refractivity contribution < 1.29 is 14.3 Å². The zero-order chi connectivity index (χ0) is 16.8. The van der Waals surface area contributed by atoms with E-state index >= 15 is 0 Å². The predicted octanol–water partition coefficient (Wildman–Crippen LogP) is 4.45. The van der Waals surface area contributed by atoms with E-state index in [0.717, 1.165) is 26.9 Å². The fraction of sp³-hybridized carbons (Fsp3) is 0.111. The van der Waals surface area contributed by atoms with Crippen LogP contribution in [0.25, 0.3) is 31.7 Å². The van der Waals surface area contributed by atoms with Gasteiger partial charge in [0.2, 0.25) is 0 Å². The topological polar surface area (TPSA) is 55.1 Å². The van der Waals surface area contributed by atoms with E-state index in [1.165, 1.54) is 17.4 Å². The first kappa shape index (κ1) is 14.8. The first-order chi connectivity index (χ1) is 11.6. The average molecular weight is 340 g/mol. The molecule has 0 radical (unpaired) electrons. The molecule has 0 atom stereocenters. The molecule has 2 aromatic carbocycles. The molecule has 4 rings (SSSR count). The maximum Gasteiger partial charge on any atom is 0.323 e. The Hall–Kier alpha value is -2.73. The number of carboxylic acid groups (broad SMARTS) is 1. The molecular formula is C18H13FN2O2S. The van der Waals surface area contributed by atoms with Crippen LogP contribution in [0.5, 0.6) is 0 Å². The molecule has 0 aliphatic carbocycles. The van der Waals surface area contributed by atoms with Crippen LogP contribution in [0.2, 0.25) is 0 Å². The molecule has 6 heteroatoms. The van der Waals surface area contributed by atoms with E-state index in [1.54, 1.807) is 10.6 Å². The molecule has 0 fully saturated rings. The number of benzene rings is 2. The van der Waals surface area contributed by atoms with Crippen LogP contribution in [-0.2, 0) is 11.3 Å². The van der Waals surface area contributed by atoms with Gasteiger partial charge in [-0.05, 0) is 25.1 Å². The molecule has 0 saturated heterocycles. The van der Waals surface area contributed by atoms with E-state index in [1.807, 2.05) is 37.3 Å². The van der Waals surface area contributed by atoms with Crippen molar-refractivity contribution in [2.45, 2.75) is 13.5 Å². The van der Waals surface area contributed by atoms with Gasteiger partial charge in [-0.15, -0.1) is 11.3 Å². The number of thiazole rings is 1. The van der Waals surface area contributed by atoms with Gasteiger partial charge in [0.05, 0.1) is 4.70 Å². The second-order valence-corrected chi connectivity index (χ2v) is 6.59. The normalized spacial score (nSPS) is 11.4. The van der Waals surface area contributed by atoms with Crippen molar-refractivity contribution in [1.29, 1.82) is 0 Å². The molecule has 0 aliphatic heterocycles. The van der Waals surface area contributed by atoms with Gasteiger partial charge in [-0.3, -0.25) is 4.79 Å². The maximum atomic E-state index is 14.0. The van der Waals surface area contributed by atoms with Crippen LogP contribution in [0.1, 0.15) is 5.69 Å². The van der Waals surface area contributed by atoms with E-state index in [-0.39, 0.29) is 12.4 Å². The molecule has 2 aromatic heterocycles. The van der Waals surface area contributed by atoms with Gasteiger partial charge in [-0.1, -0.05) is 24.3 Å². The highest BCUT2D eigenvalue weighted by Crippen LogP contribution is 2.39. The number of aliphatic carboxylic acids is 1. The molecular weight excluding hydrogens is 327 g/mol. The number of fused-ring (bicyclic) bond motifs is 2. The van der Waals surface area contributed by atoms with Gasteiger partial charge in [0.25, 0.3) is 0 Å². The summed E-state index contributed by atoms with van der Waals surface area (Å²) in [5.41, 5.74) is 2.88. The lowest BCUT2D eigenvalue weighted by atomic mass is 10.1. The van der Waals surface area contributed by atoms with Gasteiger partial charge in [-0.2, -0.15) is 0 Å². The minimum absolute atomic E-state index is 0.119. The third kappa shape index (κ3) is 2.18. The second-order valence-electron chi connectivity index (χ2n) is 5.56. The maximum absolute atomic E-state index is 14.0. The Bertz CT molecular complexity index is 1100. The van der Waals surface area contributed by atoms with E-state index in [4.69, 9.17) is 0 Å². The predicted molar refractivity (Wildman–Crippen MR) is 92.9 cm³/mol. The number of carbonyl (C=O) groups is 1. The number of halogens is 1. The summed E-state index contributed by atoms with van der Waals surface area (Å²) in [6.45, 7) is 1.76. The minimum atomic E-state index is -0.902. The minimum Gasteiger partial charge on any atom is -0.480 e.